The molecule has 0 aliphatic rings. The zero-order valence-electron chi connectivity index (χ0n) is 15.9. The molecule has 3 rings (SSSR count). The van der Waals surface area contributed by atoms with Crippen LogP contribution in [-0.4, -0.2) is 28.6 Å². The standard InChI is InChI=1S/C22H21N3O4/c1-2-17-25-18(15-11-7-4-8-12-15)20(29-17)22(28)24-16(19(26)21(23)27)13-14-9-5-3-6-10-14/h3-12,16H,2,13H2,1H3,(H2,23,27)(H,24,28)/t16-/m0/s1. The van der Waals surface area contributed by atoms with Gasteiger partial charge in [-0.3, -0.25) is 14.4 Å². The normalized spacial score (nSPS) is 11.6. The van der Waals surface area contributed by atoms with Gasteiger partial charge in [0.25, 0.3) is 11.8 Å². The molecule has 0 aliphatic carbocycles. The topological polar surface area (TPSA) is 115 Å². The predicted molar refractivity (Wildman–Crippen MR) is 107 cm³/mol. The first kappa shape index (κ1) is 20.0. The highest BCUT2D eigenvalue weighted by Gasteiger charge is 2.29. The molecule has 0 unspecified atom stereocenters. The van der Waals surface area contributed by atoms with Crippen molar-refractivity contribution in [2.45, 2.75) is 25.8 Å². The van der Waals surface area contributed by atoms with E-state index in [1.165, 1.54) is 0 Å². The number of benzene rings is 2. The highest BCUT2D eigenvalue weighted by Crippen LogP contribution is 2.24. The van der Waals surface area contributed by atoms with E-state index in [1.54, 1.807) is 24.3 Å². The molecule has 7 heteroatoms. The third kappa shape index (κ3) is 4.76. The number of aryl methyl sites for hydroxylation is 1. The average Bonchev–Trinajstić information content (AvgIpc) is 3.19. The number of nitrogens with two attached hydrogens (primary N) is 1. The van der Waals surface area contributed by atoms with Gasteiger partial charge in [-0.2, -0.15) is 0 Å². The van der Waals surface area contributed by atoms with Crippen LogP contribution in [0.15, 0.2) is 65.1 Å². The number of ketones is 1. The maximum absolute atomic E-state index is 12.9. The number of aromatic nitrogens is 1. The van der Waals surface area contributed by atoms with Crippen LogP contribution in [-0.2, 0) is 22.4 Å². The first-order valence-corrected chi connectivity index (χ1v) is 9.23. The number of hydrogen-bond acceptors (Lipinski definition) is 5. The molecule has 3 N–H and O–H groups in total. The lowest BCUT2D eigenvalue weighted by atomic mass is 10.0. The molecule has 0 saturated carbocycles. The third-order valence-electron chi connectivity index (χ3n) is 4.37. The van der Waals surface area contributed by atoms with Gasteiger partial charge >= 0.3 is 0 Å². The molecule has 0 fully saturated rings. The van der Waals surface area contributed by atoms with Gasteiger partial charge in [0, 0.05) is 18.4 Å². The van der Waals surface area contributed by atoms with Crippen LogP contribution in [0.1, 0.15) is 28.9 Å². The number of primary amides is 1. The van der Waals surface area contributed by atoms with E-state index in [0.717, 1.165) is 5.56 Å². The Balaban J connectivity index is 1.90. The van der Waals surface area contributed by atoms with Crippen molar-refractivity contribution < 1.29 is 18.8 Å². The van der Waals surface area contributed by atoms with E-state index in [2.05, 4.69) is 10.3 Å². The monoisotopic (exact) mass is 391 g/mol. The first-order chi connectivity index (χ1) is 14.0. The lowest BCUT2D eigenvalue weighted by Crippen LogP contribution is -2.47. The van der Waals surface area contributed by atoms with E-state index in [1.807, 2.05) is 43.3 Å². The molecule has 1 aromatic heterocycles. The minimum Gasteiger partial charge on any atom is -0.435 e. The average molecular weight is 391 g/mol. The predicted octanol–water partition coefficient (Wildman–Crippen LogP) is 2.30. The van der Waals surface area contributed by atoms with E-state index < -0.39 is 23.6 Å². The van der Waals surface area contributed by atoms with Gasteiger partial charge in [0.05, 0.1) is 0 Å². The Bertz CT molecular complexity index is 1010. The number of amides is 2. The van der Waals surface area contributed by atoms with Gasteiger partial charge in [-0.15, -0.1) is 0 Å². The van der Waals surface area contributed by atoms with Gasteiger partial charge < -0.3 is 15.5 Å². The number of nitrogens with one attached hydrogen (secondary N) is 1. The molecule has 1 heterocycles. The zero-order chi connectivity index (χ0) is 20.8. The minimum absolute atomic E-state index is 0.0108. The second-order valence-corrected chi connectivity index (χ2v) is 6.45. The number of nitrogens with zero attached hydrogens (tertiary/aromatic N) is 1. The molecule has 2 aromatic carbocycles. The van der Waals surface area contributed by atoms with Gasteiger partial charge in [-0.1, -0.05) is 67.6 Å². The Hall–Kier alpha value is -3.74. The molecule has 2 amide bonds. The Morgan fingerprint density at radius 2 is 1.66 bits per heavy atom. The summed E-state index contributed by atoms with van der Waals surface area (Å²) in [5.41, 5.74) is 7.05. The summed E-state index contributed by atoms with van der Waals surface area (Å²) in [6.45, 7) is 1.86. The quantitative estimate of drug-likeness (QED) is 0.572. The maximum atomic E-state index is 12.9. The van der Waals surface area contributed by atoms with Crippen molar-refractivity contribution in [3.8, 4) is 11.3 Å². The van der Waals surface area contributed by atoms with Crippen molar-refractivity contribution in [2.75, 3.05) is 0 Å². The highest BCUT2D eigenvalue weighted by molar-refractivity contribution is 6.38. The summed E-state index contributed by atoms with van der Waals surface area (Å²) in [6, 6.07) is 17.1. The van der Waals surface area contributed by atoms with E-state index in [-0.39, 0.29) is 12.2 Å². The van der Waals surface area contributed by atoms with Gasteiger partial charge in [-0.05, 0) is 5.56 Å². The molecule has 0 radical (unpaired) electrons. The molecule has 29 heavy (non-hydrogen) atoms. The SMILES string of the molecule is CCc1nc(-c2ccccc2)c(C(=O)N[C@@H](Cc2ccccc2)C(=O)C(N)=O)o1. The number of Topliss-reactive ketones (excluding diaryl/α,β-unsaturated/α-hetero) is 1. The van der Waals surface area contributed by atoms with Crippen LogP contribution in [0.5, 0.6) is 0 Å². The summed E-state index contributed by atoms with van der Waals surface area (Å²) in [7, 11) is 0. The largest absolute Gasteiger partial charge is 0.435 e. The number of oxazole rings is 1. The summed E-state index contributed by atoms with van der Waals surface area (Å²) in [5, 5.41) is 2.59. The van der Waals surface area contributed by atoms with Crippen molar-refractivity contribution >= 4 is 17.6 Å². The number of rotatable bonds is 8. The lowest BCUT2D eigenvalue weighted by molar-refractivity contribution is -0.137. The van der Waals surface area contributed by atoms with Crippen molar-refractivity contribution in [2.24, 2.45) is 5.73 Å². The number of carbonyl (C=O) groups is 3. The maximum Gasteiger partial charge on any atom is 0.290 e. The molecule has 0 aliphatic heterocycles. The Morgan fingerprint density at radius 1 is 1.03 bits per heavy atom. The Kier molecular flexibility index (Phi) is 6.19. The van der Waals surface area contributed by atoms with Crippen molar-refractivity contribution in [1.29, 1.82) is 0 Å². The molecule has 1 atom stereocenters. The number of hydrogen-bond donors (Lipinski definition) is 2. The fraction of sp³-hybridized carbons (Fsp3) is 0.182. The lowest BCUT2D eigenvalue weighted by Gasteiger charge is -2.16. The fourth-order valence-corrected chi connectivity index (χ4v) is 2.92. The number of carbonyl (C=O) groups excluding carboxylic acids is 3. The summed E-state index contributed by atoms with van der Waals surface area (Å²) in [6.07, 6.45) is 0.630. The first-order valence-electron chi connectivity index (χ1n) is 9.23. The summed E-state index contributed by atoms with van der Waals surface area (Å²) in [4.78, 5) is 41.1. The summed E-state index contributed by atoms with van der Waals surface area (Å²) < 4.78 is 5.62. The van der Waals surface area contributed by atoms with Crippen LogP contribution >= 0.6 is 0 Å². The van der Waals surface area contributed by atoms with E-state index in [0.29, 0.717) is 23.6 Å². The second kappa shape index (κ2) is 8.97. The van der Waals surface area contributed by atoms with Crippen LogP contribution < -0.4 is 11.1 Å². The molecule has 0 spiro atoms. The summed E-state index contributed by atoms with van der Waals surface area (Å²) in [5.74, 6) is -2.23. The van der Waals surface area contributed by atoms with E-state index >= 15 is 0 Å². The van der Waals surface area contributed by atoms with Crippen LogP contribution in [0.3, 0.4) is 0 Å². The van der Waals surface area contributed by atoms with Crippen molar-refractivity contribution in [1.82, 2.24) is 10.3 Å². The molecule has 0 bridgehead atoms. The van der Waals surface area contributed by atoms with Crippen LogP contribution in [0.25, 0.3) is 11.3 Å². The Morgan fingerprint density at radius 3 is 2.24 bits per heavy atom. The van der Waals surface area contributed by atoms with Gasteiger partial charge in [0.2, 0.25) is 11.5 Å². The van der Waals surface area contributed by atoms with E-state index in [4.69, 9.17) is 10.2 Å². The zero-order valence-corrected chi connectivity index (χ0v) is 15.9. The smallest absolute Gasteiger partial charge is 0.290 e. The van der Waals surface area contributed by atoms with Gasteiger partial charge in [0.1, 0.15) is 11.7 Å². The highest BCUT2D eigenvalue weighted by atomic mass is 16.4. The van der Waals surface area contributed by atoms with Crippen molar-refractivity contribution in [3.63, 3.8) is 0 Å². The van der Waals surface area contributed by atoms with Crippen LogP contribution in [0, 0.1) is 0 Å². The molecule has 148 valence electrons. The van der Waals surface area contributed by atoms with E-state index in [9.17, 15) is 14.4 Å². The second-order valence-electron chi connectivity index (χ2n) is 6.45. The van der Waals surface area contributed by atoms with Gasteiger partial charge in [-0.25, -0.2) is 4.98 Å². The molecule has 7 nitrogen and oxygen atoms in total. The Labute approximate surface area is 167 Å². The molecular weight excluding hydrogens is 370 g/mol. The fourth-order valence-electron chi connectivity index (χ4n) is 2.92. The third-order valence-corrected chi connectivity index (χ3v) is 4.37. The van der Waals surface area contributed by atoms with Crippen molar-refractivity contribution in [3.05, 3.63) is 77.9 Å². The minimum atomic E-state index is -1.11. The molecular formula is C22H21N3O4. The molecule has 0 saturated heterocycles. The van der Waals surface area contributed by atoms with Crippen LogP contribution in [0.4, 0.5) is 0 Å². The summed E-state index contributed by atoms with van der Waals surface area (Å²) >= 11 is 0. The molecule has 3 aromatic rings. The van der Waals surface area contributed by atoms with Gasteiger partial charge in [0.15, 0.2) is 5.89 Å². The van der Waals surface area contributed by atoms with Crippen LogP contribution in [0.2, 0.25) is 0 Å².